The fourth-order valence-corrected chi connectivity index (χ4v) is 13.4. The van der Waals surface area contributed by atoms with E-state index in [0.29, 0.717) is 5.82 Å². The Bertz CT molecular complexity index is 4520. The number of benzene rings is 11. The Balaban J connectivity index is 0.921. The van der Waals surface area contributed by atoms with Crippen molar-refractivity contribution in [3.8, 4) is 61.8 Å². The molecule has 0 radical (unpaired) electrons. The van der Waals surface area contributed by atoms with E-state index in [1.165, 1.54) is 86.1 Å². The Labute approximate surface area is 445 Å². The minimum atomic E-state index is -0.148. The molecule has 0 bridgehead atoms. The van der Waals surface area contributed by atoms with E-state index < -0.39 is 0 Å². The van der Waals surface area contributed by atoms with Gasteiger partial charge in [0.1, 0.15) is 0 Å². The molecule has 3 aromatic heterocycles. The SMILES string of the molecule is CC1(C)c2ccccc2-c2ccc(N(c3ccc(-c4ccccc4)cc3)c3cccc4c3sc3ccc5c(c34)c3c4ccccc4ccc3n5-c3ccc(-c4nc(-c5ccccc5)cc(-c5ccccc5)n4)cc3)cc21. The largest absolute Gasteiger partial charge is 0.309 e. The molecule has 0 unspecified atom stereocenters. The van der Waals surface area contributed by atoms with Crippen molar-refractivity contribution in [2.45, 2.75) is 19.3 Å². The van der Waals surface area contributed by atoms with Crippen LogP contribution in [0.3, 0.4) is 0 Å². The van der Waals surface area contributed by atoms with Crippen LogP contribution in [-0.4, -0.2) is 14.5 Å². The number of rotatable bonds is 8. The van der Waals surface area contributed by atoms with E-state index in [4.69, 9.17) is 9.97 Å². The average molecular weight is 989 g/mol. The minimum absolute atomic E-state index is 0.148. The minimum Gasteiger partial charge on any atom is -0.309 e. The normalized spacial score (nSPS) is 12.7. The fraction of sp³-hybridized carbons (Fsp3) is 0.0423. The second-order valence-corrected chi connectivity index (χ2v) is 21.5. The van der Waals surface area contributed by atoms with Crippen molar-refractivity contribution < 1.29 is 0 Å². The highest BCUT2D eigenvalue weighted by atomic mass is 32.1. The molecule has 0 saturated heterocycles. The first-order chi connectivity index (χ1) is 37.4. The van der Waals surface area contributed by atoms with Gasteiger partial charge in [-0.25, -0.2) is 9.97 Å². The predicted molar refractivity (Wildman–Crippen MR) is 321 cm³/mol. The molecule has 0 N–H and O–H groups in total. The number of hydrogen-bond donors (Lipinski definition) is 0. The molecular formula is C71H48N4S. The van der Waals surface area contributed by atoms with Crippen LogP contribution in [0.4, 0.5) is 17.1 Å². The molecule has 5 heteroatoms. The Kier molecular flexibility index (Phi) is 10.1. The Morgan fingerprint density at radius 2 is 0.987 bits per heavy atom. The van der Waals surface area contributed by atoms with Crippen molar-refractivity contribution in [1.29, 1.82) is 0 Å². The summed E-state index contributed by atoms with van der Waals surface area (Å²) in [6.45, 7) is 4.74. The Morgan fingerprint density at radius 3 is 1.72 bits per heavy atom. The number of aromatic nitrogens is 3. The zero-order valence-electron chi connectivity index (χ0n) is 41.9. The van der Waals surface area contributed by atoms with Crippen molar-refractivity contribution in [2.75, 3.05) is 4.90 Å². The first kappa shape index (κ1) is 44.1. The van der Waals surface area contributed by atoms with Crippen molar-refractivity contribution in [3.05, 3.63) is 266 Å². The van der Waals surface area contributed by atoms with E-state index in [1.807, 2.05) is 23.5 Å². The van der Waals surface area contributed by atoms with Gasteiger partial charge in [0.05, 0.1) is 32.8 Å². The van der Waals surface area contributed by atoms with Crippen LogP contribution in [0.15, 0.2) is 255 Å². The maximum atomic E-state index is 5.17. The van der Waals surface area contributed by atoms with Gasteiger partial charge in [-0.05, 0) is 123 Å². The maximum Gasteiger partial charge on any atom is 0.160 e. The van der Waals surface area contributed by atoms with Gasteiger partial charge < -0.3 is 9.47 Å². The molecule has 0 spiro atoms. The topological polar surface area (TPSA) is 34.0 Å². The van der Waals surface area contributed by atoms with Crippen LogP contribution in [0.1, 0.15) is 25.0 Å². The van der Waals surface area contributed by atoms with Gasteiger partial charge in [-0.3, -0.25) is 0 Å². The number of thiophene rings is 1. The van der Waals surface area contributed by atoms with Crippen molar-refractivity contribution in [3.63, 3.8) is 0 Å². The maximum absolute atomic E-state index is 5.17. The zero-order valence-corrected chi connectivity index (χ0v) is 42.8. The van der Waals surface area contributed by atoms with Gasteiger partial charge in [-0.15, -0.1) is 11.3 Å². The summed E-state index contributed by atoms with van der Waals surface area (Å²) >= 11 is 1.89. The van der Waals surface area contributed by atoms with Gasteiger partial charge in [0.25, 0.3) is 0 Å². The van der Waals surface area contributed by atoms with Crippen LogP contribution in [0.25, 0.3) is 115 Å². The molecule has 4 nitrogen and oxygen atoms in total. The highest BCUT2D eigenvalue weighted by Gasteiger charge is 2.36. The van der Waals surface area contributed by atoms with Crippen LogP contribution in [-0.2, 0) is 5.41 Å². The molecule has 76 heavy (non-hydrogen) atoms. The first-order valence-corrected chi connectivity index (χ1v) is 26.9. The van der Waals surface area contributed by atoms with Crippen LogP contribution in [0.5, 0.6) is 0 Å². The van der Waals surface area contributed by atoms with Crippen molar-refractivity contribution >= 4 is 81.1 Å². The summed E-state index contributed by atoms with van der Waals surface area (Å²) in [6.07, 6.45) is 0. The van der Waals surface area contributed by atoms with Gasteiger partial charge in [0.2, 0.25) is 0 Å². The summed E-state index contributed by atoms with van der Waals surface area (Å²) in [6, 6.07) is 92.5. The summed E-state index contributed by atoms with van der Waals surface area (Å²) in [7, 11) is 0. The molecular weight excluding hydrogens is 941 g/mol. The van der Waals surface area contributed by atoms with Gasteiger partial charge in [-0.2, -0.15) is 0 Å². The third-order valence-corrected chi connectivity index (χ3v) is 17.0. The van der Waals surface area contributed by atoms with Crippen molar-refractivity contribution in [2.24, 2.45) is 0 Å². The van der Waals surface area contributed by atoms with E-state index >= 15 is 0 Å². The van der Waals surface area contributed by atoms with E-state index in [-0.39, 0.29) is 5.41 Å². The quantitative estimate of drug-likeness (QED) is 0.152. The molecule has 0 fully saturated rings. The molecule has 3 heterocycles. The number of fused-ring (bicyclic) bond motifs is 12. The molecule has 0 aliphatic heterocycles. The molecule has 1 aliphatic rings. The van der Waals surface area contributed by atoms with Crippen LogP contribution in [0, 0.1) is 0 Å². The zero-order chi connectivity index (χ0) is 50.5. The number of hydrogen-bond acceptors (Lipinski definition) is 4. The number of nitrogens with zero attached hydrogens (tertiary/aromatic N) is 4. The van der Waals surface area contributed by atoms with E-state index in [2.05, 4.69) is 266 Å². The third kappa shape index (κ3) is 6.97. The summed E-state index contributed by atoms with van der Waals surface area (Å²) in [4.78, 5) is 12.8. The standard InChI is InChI=1S/C71H48N4S/c1-71(2)58-27-15-14-25-55(58)56-39-38-53(43-59(56)71)74(51-34-29-46(30-35-51)45-17-6-3-7-18-45)64-28-16-26-57-67-65(76-69(57)64)42-41-63-68(67)66-54-24-13-12-19-47(54)33-40-62(66)75(63)52-36-31-50(32-37-52)70-72-60(48-20-8-4-9-21-48)44-61(73-70)49-22-10-5-11-23-49/h3-44H,1-2H3. The Morgan fingerprint density at radius 1 is 0.408 bits per heavy atom. The highest BCUT2D eigenvalue weighted by Crippen LogP contribution is 2.53. The van der Waals surface area contributed by atoms with Crippen LogP contribution < -0.4 is 4.90 Å². The van der Waals surface area contributed by atoms with Gasteiger partial charge in [0.15, 0.2) is 5.82 Å². The molecule has 0 atom stereocenters. The smallest absolute Gasteiger partial charge is 0.160 e. The van der Waals surface area contributed by atoms with E-state index in [0.717, 1.165) is 50.8 Å². The molecule has 358 valence electrons. The summed E-state index contributed by atoms with van der Waals surface area (Å²) in [5, 5.41) is 7.51. The predicted octanol–water partition coefficient (Wildman–Crippen LogP) is 19.5. The monoisotopic (exact) mass is 988 g/mol. The third-order valence-electron chi connectivity index (χ3n) is 15.8. The lowest BCUT2D eigenvalue weighted by Gasteiger charge is -2.28. The van der Waals surface area contributed by atoms with Gasteiger partial charge >= 0.3 is 0 Å². The second-order valence-electron chi connectivity index (χ2n) is 20.5. The molecule has 1 aliphatic carbocycles. The number of anilines is 3. The fourth-order valence-electron chi connectivity index (χ4n) is 12.1. The average Bonchev–Trinajstić information content (AvgIpc) is 4.14. The van der Waals surface area contributed by atoms with E-state index in [1.54, 1.807) is 0 Å². The lowest BCUT2D eigenvalue weighted by molar-refractivity contribution is 0.660. The molecule has 0 saturated carbocycles. The highest BCUT2D eigenvalue weighted by molar-refractivity contribution is 7.26. The van der Waals surface area contributed by atoms with E-state index in [9.17, 15) is 0 Å². The lowest BCUT2D eigenvalue weighted by Crippen LogP contribution is -2.16. The van der Waals surface area contributed by atoms with Crippen LogP contribution in [0.2, 0.25) is 0 Å². The second kappa shape index (κ2) is 17.3. The van der Waals surface area contributed by atoms with Gasteiger partial charge in [-0.1, -0.05) is 190 Å². The lowest BCUT2D eigenvalue weighted by atomic mass is 9.82. The van der Waals surface area contributed by atoms with Crippen LogP contribution >= 0.6 is 11.3 Å². The molecule has 11 aromatic carbocycles. The Hall–Kier alpha value is -9.42. The first-order valence-electron chi connectivity index (χ1n) is 26.1. The van der Waals surface area contributed by atoms with Gasteiger partial charge in [0, 0.05) is 65.4 Å². The van der Waals surface area contributed by atoms with Crippen molar-refractivity contribution in [1.82, 2.24) is 14.5 Å². The summed E-state index contributed by atoms with van der Waals surface area (Å²) in [5.74, 6) is 0.692. The molecule has 0 amide bonds. The summed E-state index contributed by atoms with van der Waals surface area (Å²) < 4.78 is 4.96. The molecule has 15 rings (SSSR count). The molecule has 14 aromatic rings. The summed E-state index contributed by atoms with van der Waals surface area (Å²) in [5.41, 5.74) is 19.3.